The first-order valence-electron chi connectivity index (χ1n) is 4.94. The highest BCUT2D eigenvalue weighted by molar-refractivity contribution is 5.50. The lowest BCUT2D eigenvalue weighted by molar-refractivity contribution is 0.362. The average Bonchev–Trinajstić information content (AvgIpc) is 2.21. The van der Waals surface area contributed by atoms with E-state index in [4.69, 9.17) is 0 Å². The molecule has 2 nitrogen and oxygen atoms in total. The fourth-order valence-electron chi connectivity index (χ4n) is 1.51. The van der Waals surface area contributed by atoms with Crippen LogP contribution in [0.4, 0.5) is 23.2 Å². The molecule has 0 aromatic heterocycles. The molecule has 0 unspecified atom stereocenters. The van der Waals surface area contributed by atoms with Crippen LogP contribution in [0, 0.1) is 23.3 Å². The summed E-state index contributed by atoms with van der Waals surface area (Å²) < 4.78 is 54.3. The summed E-state index contributed by atoms with van der Waals surface area (Å²) in [5.74, 6) is -5.43. The number of hydrogen-bond acceptors (Lipinski definition) is 2. The Kier molecular flexibility index (Phi) is 3.98. The summed E-state index contributed by atoms with van der Waals surface area (Å²) in [7, 11) is 5.72. The number of nitrogens with zero attached hydrogens (tertiary/aromatic N) is 2. The maximum absolute atomic E-state index is 13.6. The first-order chi connectivity index (χ1) is 7.77. The lowest BCUT2D eigenvalue weighted by atomic mass is 10.1. The molecule has 96 valence electrons. The molecule has 1 aromatic rings. The standard InChI is InChI=1S/C11H14F4N2/c1-16(2)5-6-7(12)9(14)11(17(3)4)10(15)8(6)13/h5H2,1-4H3. The zero-order valence-corrected chi connectivity index (χ0v) is 10.1. The Hall–Kier alpha value is -1.30. The Morgan fingerprint density at radius 1 is 0.765 bits per heavy atom. The highest BCUT2D eigenvalue weighted by atomic mass is 19.2. The predicted octanol–water partition coefficient (Wildman–Crippen LogP) is 2.37. The van der Waals surface area contributed by atoms with Gasteiger partial charge in [-0.05, 0) is 14.1 Å². The van der Waals surface area contributed by atoms with Crippen LogP contribution >= 0.6 is 0 Å². The predicted molar refractivity (Wildman–Crippen MR) is 58.0 cm³/mol. The molecular formula is C11H14F4N2. The zero-order chi connectivity index (χ0) is 13.3. The van der Waals surface area contributed by atoms with Gasteiger partial charge in [0, 0.05) is 26.2 Å². The second-order valence-corrected chi connectivity index (χ2v) is 4.22. The van der Waals surface area contributed by atoms with Gasteiger partial charge >= 0.3 is 0 Å². The smallest absolute Gasteiger partial charge is 0.185 e. The van der Waals surface area contributed by atoms with Crippen LogP contribution in [-0.2, 0) is 6.54 Å². The molecule has 0 atom stereocenters. The molecule has 6 heteroatoms. The maximum atomic E-state index is 13.6. The Labute approximate surface area is 97.4 Å². The molecule has 1 rings (SSSR count). The highest BCUT2D eigenvalue weighted by Gasteiger charge is 2.26. The third-order valence-electron chi connectivity index (χ3n) is 2.25. The third kappa shape index (κ3) is 2.52. The van der Waals surface area contributed by atoms with E-state index < -0.39 is 34.5 Å². The van der Waals surface area contributed by atoms with E-state index in [9.17, 15) is 17.6 Å². The molecule has 0 aliphatic carbocycles. The summed E-state index contributed by atoms with van der Waals surface area (Å²) in [6, 6.07) is 0. The van der Waals surface area contributed by atoms with Gasteiger partial charge < -0.3 is 9.80 Å². The molecular weight excluding hydrogens is 236 g/mol. The third-order valence-corrected chi connectivity index (χ3v) is 2.25. The fraction of sp³-hybridized carbons (Fsp3) is 0.455. The number of hydrogen-bond donors (Lipinski definition) is 0. The van der Waals surface area contributed by atoms with Crippen molar-refractivity contribution in [2.24, 2.45) is 0 Å². The van der Waals surface area contributed by atoms with Gasteiger partial charge in [-0.2, -0.15) is 0 Å². The van der Waals surface area contributed by atoms with Crippen LogP contribution in [0.3, 0.4) is 0 Å². The van der Waals surface area contributed by atoms with Crippen LogP contribution in [0.15, 0.2) is 0 Å². The normalized spacial score (nSPS) is 11.1. The van der Waals surface area contributed by atoms with Gasteiger partial charge in [0.05, 0.1) is 0 Å². The molecule has 0 heterocycles. The highest BCUT2D eigenvalue weighted by Crippen LogP contribution is 2.30. The second-order valence-electron chi connectivity index (χ2n) is 4.22. The van der Waals surface area contributed by atoms with E-state index in [1.807, 2.05) is 0 Å². The molecule has 1 aromatic carbocycles. The monoisotopic (exact) mass is 250 g/mol. The molecule has 0 radical (unpaired) electrons. The first-order valence-corrected chi connectivity index (χ1v) is 4.94. The minimum atomic E-state index is -1.37. The Bertz CT molecular complexity index is 401. The van der Waals surface area contributed by atoms with Gasteiger partial charge in [0.1, 0.15) is 5.69 Å². The quantitative estimate of drug-likeness (QED) is 0.600. The summed E-state index contributed by atoms with van der Waals surface area (Å²) >= 11 is 0. The van der Waals surface area contributed by atoms with Crippen molar-refractivity contribution in [1.82, 2.24) is 4.90 Å². The molecule has 0 spiro atoms. The fourth-order valence-corrected chi connectivity index (χ4v) is 1.51. The van der Waals surface area contributed by atoms with E-state index in [-0.39, 0.29) is 6.54 Å². The summed E-state index contributed by atoms with van der Waals surface area (Å²) in [6.45, 7) is -0.209. The van der Waals surface area contributed by atoms with Crippen LogP contribution in [0.1, 0.15) is 5.56 Å². The maximum Gasteiger partial charge on any atom is 0.185 e. The topological polar surface area (TPSA) is 6.48 Å². The average molecular weight is 250 g/mol. The summed E-state index contributed by atoms with van der Waals surface area (Å²) in [4.78, 5) is 2.42. The lowest BCUT2D eigenvalue weighted by Crippen LogP contribution is -2.20. The van der Waals surface area contributed by atoms with Crippen molar-refractivity contribution in [3.63, 3.8) is 0 Å². The molecule has 0 bridgehead atoms. The SMILES string of the molecule is CN(C)Cc1c(F)c(F)c(N(C)C)c(F)c1F. The van der Waals surface area contributed by atoms with Gasteiger partial charge in [0.15, 0.2) is 23.3 Å². The molecule has 0 amide bonds. The molecule has 0 N–H and O–H groups in total. The van der Waals surface area contributed by atoms with Crippen LogP contribution in [0.2, 0.25) is 0 Å². The van der Waals surface area contributed by atoms with Gasteiger partial charge in [-0.15, -0.1) is 0 Å². The molecule has 0 aliphatic rings. The minimum Gasteiger partial charge on any atom is -0.373 e. The van der Waals surface area contributed by atoms with Crippen molar-refractivity contribution in [2.45, 2.75) is 6.54 Å². The van der Waals surface area contributed by atoms with E-state index in [1.54, 1.807) is 14.1 Å². The van der Waals surface area contributed by atoms with Crippen molar-refractivity contribution in [2.75, 3.05) is 33.1 Å². The van der Waals surface area contributed by atoms with Crippen LogP contribution in [0.5, 0.6) is 0 Å². The van der Waals surface area contributed by atoms with Crippen LogP contribution < -0.4 is 4.90 Å². The molecule has 0 aliphatic heterocycles. The van der Waals surface area contributed by atoms with Crippen molar-refractivity contribution in [3.05, 3.63) is 28.8 Å². The summed E-state index contributed by atoms with van der Waals surface area (Å²) in [5, 5.41) is 0. The molecule has 0 saturated heterocycles. The lowest BCUT2D eigenvalue weighted by Gasteiger charge is -2.19. The second kappa shape index (κ2) is 4.91. The number of anilines is 1. The molecule has 0 fully saturated rings. The Morgan fingerprint density at radius 3 is 1.47 bits per heavy atom. The number of rotatable bonds is 3. The van der Waals surface area contributed by atoms with Crippen LogP contribution in [-0.4, -0.2) is 33.1 Å². The van der Waals surface area contributed by atoms with Crippen LogP contribution in [0.25, 0.3) is 0 Å². The van der Waals surface area contributed by atoms with Crippen molar-refractivity contribution in [1.29, 1.82) is 0 Å². The number of halogens is 4. The zero-order valence-electron chi connectivity index (χ0n) is 10.1. The van der Waals surface area contributed by atoms with E-state index in [0.29, 0.717) is 0 Å². The van der Waals surface area contributed by atoms with Gasteiger partial charge in [0.25, 0.3) is 0 Å². The van der Waals surface area contributed by atoms with Gasteiger partial charge in [-0.3, -0.25) is 0 Å². The van der Waals surface area contributed by atoms with Crippen molar-refractivity contribution in [3.8, 4) is 0 Å². The van der Waals surface area contributed by atoms with Gasteiger partial charge in [-0.1, -0.05) is 0 Å². The number of benzene rings is 1. The molecule has 0 saturated carbocycles. The molecule has 17 heavy (non-hydrogen) atoms. The van der Waals surface area contributed by atoms with E-state index in [1.165, 1.54) is 19.0 Å². The van der Waals surface area contributed by atoms with Crippen molar-refractivity contribution < 1.29 is 17.6 Å². The Balaban J connectivity index is 3.47. The van der Waals surface area contributed by atoms with E-state index in [2.05, 4.69) is 0 Å². The van der Waals surface area contributed by atoms with E-state index in [0.717, 1.165) is 4.90 Å². The summed E-state index contributed by atoms with van der Waals surface area (Å²) in [5.41, 5.74) is -1.31. The van der Waals surface area contributed by atoms with Gasteiger partial charge in [-0.25, -0.2) is 17.6 Å². The van der Waals surface area contributed by atoms with E-state index >= 15 is 0 Å². The summed E-state index contributed by atoms with van der Waals surface area (Å²) in [6.07, 6.45) is 0. The van der Waals surface area contributed by atoms with Crippen molar-refractivity contribution >= 4 is 5.69 Å². The first kappa shape index (κ1) is 13.8. The minimum absolute atomic E-state index is 0.209. The Morgan fingerprint density at radius 2 is 1.18 bits per heavy atom. The van der Waals surface area contributed by atoms with Gasteiger partial charge in [0.2, 0.25) is 0 Å². The largest absolute Gasteiger partial charge is 0.373 e.